The highest BCUT2D eigenvalue weighted by Crippen LogP contribution is 2.09. The van der Waals surface area contributed by atoms with Gasteiger partial charge >= 0.3 is 11.9 Å². The summed E-state index contributed by atoms with van der Waals surface area (Å²) in [7, 11) is 0. The number of carboxylic acid groups (broad SMARTS) is 2. The Hall–Kier alpha value is -2.37. The van der Waals surface area contributed by atoms with Gasteiger partial charge in [-0.3, -0.25) is 14.4 Å². The molecule has 6 heteroatoms. The molecule has 1 amide bonds. The van der Waals surface area contributed by atoms with E-state index in [4.69, 9.17) is 10.2 Å². The van der Waals surface area contributed by atoms with Gasteiger partial charge in [0.1, 0.15) is 0 Å². The number of carboxylic acids is 2. The van der Waals surface area contributed by atoms with Crippen LogP contribution in [0, 0.1) is 6.92 Å². The lowest BCUT2D eigenvalue weighted by molar-refractivity contribution is -0.138. The van der Waals surface area contributed by atoms with Crippen LogP contribution in [0.15, 0.2) is 24.3 Å². The van der Waals surface area contributed by atoms with Crippen molar-refractivity contribution in [3.63, 3.8) is 0 Å². The molecule has 2 N–H and O–H groups in total. The number of benzene rings is 1. The minimum atomic E-state index is -0.990. The average Bonchev–Trinajstić information content (AvgIpc) is 2.41. The number of hydrogen-bond acceptors (Lipinski definition) is 3. The monoisotopic (exact) mass is 293 g/mol. The molecular formula is C15H19NO5. The van der Waals surface area contributed by atoms with E-state index in [1.165, 1.54) is 4.90 Å². The molecule has 0 aliphatic heterocycles. The lowest BCUT2D eigenvalue weighted by Gasteiger charge is -2.22. The summed E-state index contributed by atoms with van der Waals surface area (Å²) < 4.78 is 0. The van der Waals surface area contributed by atoms with Crippen LogP contribution in [0.2, 0.25) is 0 Å². The van der Waals surface area contributed by atoms with E-state index in [9.17, 15) is 14.4 Å². The number of amides is 1. The molecule has 6 nitrogen and oxygen atoms in total. The molecule has 0 aliphatic carbocycles. The highest BCUT2D eigenvalue weighted by Gasteiger charge is 2.17. The second kappa shape index (κ2) is 8.04. The Kier molecular flexibility index (Phi) is 6.39. The van der Waals surface area contributed by atoms with Crippen molar-refractivity contribution in [2.45, 2.75) is 26.2 Å². The van der Waals surface area contributed by atoms with E-state index >= 15 is 0 Å². The summed E-state index contributed by atoms with van der Waals surface area (Å²) in [4.78, 5) is 35.0. The van der Waals surface area contributed by atoms with Gasteiger partial charge in [-0.15, -0.1) is 0 Å². The maximum absolute atomic E-state index is 12.4. The number of rotatable bonds is 8. The van der Waals surface area contributed by atoms with Crippen LogP contribution in [0.4, 0.5) is 0 Å². The molecule has 21 heavy (non-hydrogen) atoms. The summed E-state index contributed by atoms with van der Waals surface area (Å²) in [5.74, 6) is -2.20. The molecular weight excluding hydrogens is 274 g/mol. The van der Waals surface area contributed by atoms with E-state index in [-0.39, 0.29) is 31.8 Å². The quantitative estimate of drug-likeness (QED) is 0.761. The van der Waals surface area contributed by atoms with Gasteiger partial charge in [0.05, 0.1) is 6.42 Å². The zero-order chi connectivity index (χ0) is 15.8. The molecule has 0 aliphatic rings. The molecule has 1 rings (SSSR count). The average molecular weight is 293 g/mol. The summed E-state index contributed by atoms with van der Waals surface area (Å²) in [5, 5.41) is 17.4. The fourth-order valence-corrected chi connectivity index (χ4v) is 1.93. The molecule has 0 bridgehead atoms. The van der Waals surface area contributed by atoms with E-state index < -0.39 is 11.9 Å². The Morgan fingerprint density at radius 3 is 2.29 bits per heavy atom. The maximum Gasteiger partial charge on any atom is 0.305 e. The summed E-state index contributed by atoms with van der Waals surface area (Å²) in [5.41, 5.74) is 1.42. The van der Waals surface area contributed by atoms with Crippen LogP contribution in [0.1, 0.15) is 35.2 Å². The molecule has 1 aromatic carbocycles. The Balaban J connectivity index is 2.75. The molecule has 0 aromatic heterocycles. The van der Waals surface area contributed by atoms with Gasteiger partial charge in [0.2, 0.25) is 0 Å². The van der Waals surface area contributed by atoms with Crippen molar-refractivity contribution in [3.8, 4) is 0 Å². The first kappa shape index (κ1) is 16.7. The third-order valence-corrected chi connectivity index (χ3v) is 2.97. The molecule has 0 saturated carbocycles. The van der Waals surface area contributed by atoms with Crippen molar-refractivity contribution in [1.82, 2.24) is 4.90 Å². The lowest BCUT2D eigenvalue weighted by atomic mass is 10.1. The van der Waals surface area contributed by atoms with Gasteiger partial charge in [-0.05, 0) is 25.5 Å². The Morgan fingerprint density at radius 1 is 1.05 bits per heavy atom. The van der Waals surface area contributed by atoms with Crippen LogP contribution in [0.3, 0.4) is 0 Å². The Morgan fingerprint density at radius 2 is 1.71 bits per heavy atom. The van der Waals surface area contributed by atoms with Crippen LogP contribution in [0.5, 0.6) is 0 Å². The Labute approximate surface area is 123 Å². The van der Waals surface area contributed by atoms with E-state index in [0.717, 1.165) is 5.56 Å². The lowest BCUT2D eigenvalue weighted by Crippen LogP contribution is -2.34. The summed E-state index contributed by atoms with van der Waals surface area (Å²) in [6.07, 6.45) is 0.0851. The first-order valence-corrected chi connectivity index (χ1v) is 6.69. The van der Waals surface area contributed by atoms with E-state index in [2.05, 4.69) is 0 Å². The molecule has 0 heterocycles. The third kappa shape index (κ3) is 6.07. The fourth-order valence-electron chi connectivity index (χ4n) is 1.93. The first-order valence-electron chi connectivity index (χ1n) is 6.69. The van der Waals surface area contributed by atoms with Gasteiger partial charge in [0.25, 0.3) is 5.91 Å². The van der Waals surface area contributed by atoms with Crippen molar-refractivity contribution < 1.29 is 24.6 Å². The first-order chi connectivity index (χ1) is 9.90. The Bertz CT molecular complexity index is 527. The normalized spacial score (nSPS) is 10.1. The van der Waals surface area contributed by atoms with Gasteiger partial charge in [-0.2, -0.15) is 0 Å². The van der Waals surface area contributed by atoms with Gasteiger partial charge < -0.3 is 15.1 Å². The maximum atomic E-state index is 12.4. The van der Waals surface area contributed by atoms with E-state index in [0.29, 0.717) is 12.0 Å². The molecule has 1 aromatic rings. The zero-order valence-corrected chi connectivity index (χ0v) is 11.9. The van der Waals surface area contributed by atoms with Crippen LogP contribution < -0.4 is 0 Å². The fraction of sp³-hybridized carbons (Fsp3) is 0.400. The second-order valence-electron chi connectivity index (χ2n) is 4.80. The second-order valence-corrected chi connectivity index (χ2v) is 4.80. The largest absolute Gasteiger partial charge is 0.481 e. The number of aryl methyl sites for hydroxylation is 1. The van der Waals surface area contributed by atoms with Gasteiger partial charge in [0.15, 0.2) is 0 Å². The molecule has 0 atom stereocenters. The van der Waals surface area contributed by atoms with E-state index in [1.807, 2.05) is 13.0 Å². The number of hydrogen-bond donors (Lipinski definition) is 2. The topological polar surface area (TPSA) is 94.9 Å². The number of nitrogens with zero attached hydrogens (tertiary/aromatic N) is 1. The molecule has 0 fully saturated rings. The SMILES string of the molecule is Cc1cccc(C(=O)N(CCCC(=O)O)CCC(=O)O)c1. The van der Waals surface area contributed by atoms with Crippen LogP contribution in [-0.2, 0) is 9.59 Å². The van der Waals surface area contributed by atoms with Crippen molar-refractivity contribution in [1.29, 1.82) is 0 Å². The van der Waals surface area contributed by atoms with E-state index in [1.54, 1.807) is 18.2 Å². The number of carbonyl (C=O) groups excluding carboxylic acids is 1. The molecule has 114 valence electrons. The van der Waals surface area contributed by atoms with Crippen LogP contribution in [-0.4, -0.2) is 46.0 Å². The van der Waals surface area contributed by atoms with Crippen molar-refractivity contribution in [2.75, 3.05) is 13.1 Å². The summed E-state index contributed by atoms with van der Waals surface area (Å²) in [6.45, 7) is 2.16. The highest BCUT2D eigenvalue weighted by atomic mass is 16.4. The standard InChI is InChI=1S/C15H19NO5/c1-11-4-2-5-12(10-11)15(21)16(9-7-14(19)20)8-3-6-13(17)18/h2,4-5,10H,3,6-9H2,1H3,(H,17,18)(H,19,20). The predicted molar refractivity (Wildman–Crippen MR) is 76.2 cm³/mol. The van der Waals surface area contributed by atoms with Crippen molar-refractivity contribution >= 4 is 17.8 Å². The van der Waals surface area contributed by atoms with Crippen molar-refractivity contribution in [2.24, 2.45) is 0 Å². The molecule has 0 saturated heterocycles. The van der Waals surface area contributed by atoms with Crippen LogP contribution >= 0.6 is 0 Å². The minimum absolute atomic E-state index is 0.0509. The molecule has 0 spiro atoms. The highest BCUT2D eigenvalue weighted by molar-refractivity contribution is 5.94. The predicted octanol–water partition coefficient (Wildman–Crippen LogP) is 1.78. The molecule has 0 radical (unpaired) electrons. The minimum Gasteiger partial charge on any atom is -0.481 e. The van der Waals surface area contributed by atoms with Crippen molar-refractivity contribution in [3.05, 3.63) is 35.4 Å². The number of aliphatic carboxylic acids is 2. The number of carbonyl (C=O) groups is 3. The van der Waals surface area contributed by atoms with Gasteiger partial charge in [-0.1, -0.05) is 17.7 Å². The van der Waals surface area contributed by atoms with Crippen LogP contribution in [0.25, 0.3) is 0 Å². The third-order valence-electron chi connectivity index (χ3n) is 2.97. The van der Waals surface area contributed by atoms with Gasteiger partial charge in [-0.25, -0.2) is 0 Å². The zero-order valence-electron chi connectivity index (χ0n) is 11.9. The smallest absolute Gasteiger partial charge is 0.305 e. The van der Waals surface area contributed by atoms with Gasteiger partial charge in [0, 0.05) is 25.1 Å². The summed E-state index contributed by atoms with van der Waals surface area (Å²) >= 11 is 0. The molecule has 0 unspecified atom stereocenters. The summed E-state index contributed by atoms with van der Waals surface area (Å²) in [6, 6.07) is 7.02.